The molecule has 9 heteroatoms. The lowest BCUT2D eigenvalue weighted by atomic mass is 10.2. The fourth-order valence-corrected chi connectivity index (χ4v) is 3.26. The quantitative estimate of drug-likeness (QED) is 0.528. The molecule has 3 N–H and O–H groups in total. The zero-order valence-electron chi connectivity index (χ0n) is 15.2. The topological polar surface area (TPSA) is 79.5 Å². The van der Waals surface area contributed by atoms with Crippen LogP contribution in [0.15, 0.2) is 60.0 Å². The van der Waals surface area contributed by atoms with Crippen molar-refractivity contribution in [2.24, 2.45) is 0 Å². The van der Waals surface area contributed by atoms with Gasteiger partial charge >= 0.3 is 0 Å². The smallest absolute Gasteiger partial charge is 0.265 e. The van der Waals surface area contributed by atoms with Gasteiger partial charge in [-0.3, -0.25) is 14.9 Å². The van der Waals surface area contributed by atoms with Crippen molar-refractivity contribution in [3.05, 3.63) is 76.2 Å². The molecule has 0 aliphatic carbocycles. The summed E-state index contributed by atoms with van der Waals surface area (Å²) in [7, 11) is 1.48. The predicted octanol–water partition coefficient (Wildman–Crippen LogP) is 4.27. The van der Waals surface area contributed by atoms with Crippen LogP contribution in [-0.4, -0.2) is 24.0 Å². The second-order valence-corrected chi connectivity index (χ2v) is 7.12. The summed E-state index contributed by atoms with van der Waals surface area (Å²) >= 11 is 6.47. The van der Waals surface area contributed by atoms with Gasteiger partial charge in [-0.25, -0.2) is 4.39 Å². The maximum absolute atomic E-state index is 13.2. The molecule has 1 aromatic heterocycles. The van der Waals surface area contributed by atoms with Gasteiger partial charge in [0, 0.05) is 17.3 Å². The summed E-state index contributed by atoms with van der Waals surface area (Å²) in [6, 6.07) is 13.8. The van der Waals surface area contributed by atoms with Crippen molar-refractivity contribution in [1.82, 2.24) is 5.32 Å². The van der Waals surface area contributed by atoms with E-state index in [9.17, 15) is 14.0 Å². The highest BCUT2D eigenvalue weighted by atomic mass is 32.1. The zero-order valence-corrected chi connectivity index (χ0v) is 16.8. The van der Waals surface area contributed by atoms with E-state index in [4.69, 9.17) is 17.0 Å². The second kappa shape index (κ2) is 9.26. The van der Waals surface area contributed by atoms with Crippen LogP contribution in [0.4, 0.5) is 15.8 Å². The van der Waals surface area contributed by atoms with E-state index in [0.717, 1.165) is 6.07 Å². The molecule has 0 atom stereocenters. The third-order valence-corrected chi connectivity index (χ3v) is 4.84. The van der Waals surface area contributed by atoms with Crippen molar-refractivity contribution in [1.29, 1.82) is 0 Å². The Morgan fingerprint density at radius 3 is 2.55 bits per heavy atom. The molecule has 1 heterocycles. The van der Waals surface area contributed by atoms with Crippen molar-refractivity contribution in [3.8, 4) is 5.75 Å². The molecule has 0 saturated carbocycles. The van der Waals surface area contributed by atoms with E-state index in [0.29, 0.717) is 22.0 Å². The lowest BCUT2D eigenvalue weighted by molar-refractivity contribution is 0.0976. The number of methoxy groups -OCH3 is 1. The molecule has 0 radical (unpaired) electrons. The third kappa shape index (κ3) is 5.37. The number of ether oxygens (including phenoxy) is 1. The second-order valence-electron chi connectivity index (χ2n) is 5.77. The first kappa shape index (κ1) is 20.4. The van der Waals surface area contributed by atoms with Gasteiger partial charge in [0.2, 0.25) is 0 Å². The highest BCUT2D eigenvalue weighted by Gasteiger charge is 2.13. The summed E-state index contributed by atoms with van der Waals surface area (Å²) in [6.45, 7) is 0. The maximum atomic E-state index is 13.2. The predicted molar refractivity (Wildman–Crippen MR) is 115 cm³/mol. The number of anilines is 2. The molecule has 0 spiro atoms. The molecule has 0 saturated heterocycles. The minimum absolute atomic E-state index is 0.0386. The molecule has 2 amide bonds. The third-order valence-electron chi connectivity index (χ3n) is 3.77. The molecule has 3 rings (SSSR count). The van der Waals surface area contributed by atoms with Crippen LogP contribution in [0, 0.1) is 5.82 Å². The van der Waals surface area contributed by atoms with Crippen molar-refractivity contribution >= 4 is 51.9 Å². The lowest BCUT2D eigenvalue weighted by Crippen LogP contribution is -2.34. The van der Waals surface area contributed by atoms with E-state index in [1.807, 2.05) is 5.38 Å². The normalized spacial score (nSPS) is 10.1. The largest absolute Gasteiger partial charge is 0.494 e. The molecule has 0 bridgehead atoms. The van der Waals surface area contributed by atoms with Crippen molar-refractivity contribution in [2.45, 2.75) is 0 Å². The van der Waals surface area contributed by atoms with E-state index in [1.54, 1.807) is 30.3 Å². The molecule has 2 aromatic carbocycles. The van der Waals surface area contributed by atoms with E-state index < -0.39 is 11.7 Å². The van der Waals surface area contributed by atoms with Gasteiger partial charge in [-0.1, -0.05) is 12.1 Å². The van der Waals surface area contributed by atoms with Gasteiger partial charge < -0.3 is 15.4 Å². The molecule has 0 unspecified atom stereocenters. The first-order valence-corrected chi connectivity index (χ1v) is 9.66. The van der Waals surface area contributed by atoms with E-state index in [1.165, 1.54) is 36.6 Å². The number of benzene rings is 2. The Balaban J connectivity index is 1.65. The molecule has 0 aliphatic heterocycles. The van der Waals surface area contributed by atoms with Crippen LogP contribution in [0.25, 0.3) is 0 Å². The first-order chi connectivity index (χ1) is 14.0. The Labute approximate surface area is 175 Å². The Morgan fingerprint density at radius 1 is 1.03 bits per heavy atom. The molecule has 0 aliphatic rings. The van der Waals surface area contributed by atoms with Gasteiger partial charge in [0.25, 0.3) is 11.8 Å². The average molecular weight is 429 g/mol. The van der Waals surface area contributed by atoms with Gasteiger partial charge in [-0.15, -0.1) is 11.3 Å². The number of halogens is 1. The Morgan fingerprint density at radius 2 is 1.86 bits per heavy atom. The highest BCUT2D eigenvalue weighted by molar-refractivity contribution is 7.80. The molecular weight excluding hydrogens is 413 g/mol. The van der Waals surface area contributed by atoms with Crippen molar-refractivity contribution < 1.29 is 18.7 Å². The van der Waals surface area contributed by atoms with Crippen LogP contribution in [0.2, 0.25) is 0 Å². The van der Waals surface area contributed by atoms with E-state index in [-0.39, 0.29) is 16.6 Å². The average Bonchev–Trinajstić information content (AvgIpc) is 3.24. The number of rotatable bonds is 5. The van der Waals surface area contributed by atoms with Crippen molar-refractivity contribution in [3.63, 3.8) is 0 Å². The molecule has 0 fully saturated rings. The van der Waals surface area contributed by atoms with Gasteiger partial charge in [0.05, 0.1) is 17.7 Å². The van der Waals surface area contributed by atoms with Crippen LogP contribution in [0.1, 0.15) is 20.0 Å². The summed E-state index contributed by atoms with van der Waals surface area (Å²) in [5.74, 6) is -0.869. The van der Waals surface area contributed by atoms with Gasteiger partial charge in [0.1, 0.15) is 11.6 Å². The molecular formula is C20H16FN3O3S2. The number of carbonyl (C=O) groups excluding carboxylic acids is 2. The summed E-state index contributed by atoms with van der Waals surface area (Å²) in [5.41, 5.74) is 1.19. The van der Waals surface area contributed by atoms with Crippen LogP contribution < -0.4 is 20.7 Å². The summed E-state index contributed by atoms with van der Waals surface area (Å²) in [4.78, 5) is 24.9. The van der Waals surface area contributed by atoms with Gasteiger partial charge in [0.15, 0.2) is 5.11 Å². The number of thiophene rings is 1. The first-order valence-electron chi connectivity index (χ1n) is 8.37. The lowest BCUT2D eigenvalue weighted by Gasteiger charge is -2.14. The van der Waals surface area contributed by atoms with E-state index >= 15 is 0 Å². The maximum Gasteiger partial charge on any atom is 0.265 e. The number of carbonyl (C=O) groups is 2. The molecule has 148 valence electrons. The summed E-state index contributed by atoms with van der Waals surface area (Å²) in [5, 5.41) is 9.98. The molecule has 29 heavy (non-hydrogen) atoms. The fourth-order valence-electron chi connectivity index (χ4n) is 2.43. The van der Waals surface area contributed by atoms with E-state index in [2.05, 4.69) is 16.0 Å². The zero-order chi connectivity index (χ0) is 20.8. The van der Waals surface area contributed by atoms with Crippen LogP contribution in [0.5, 0.6) is 5.75 Å². The Bertz CT molecular complexity index is 1050. The van der Waals surface area contributed by atoms with Crippen molar-refractivity contribution in [2.75, 3.05) is 17.7 Å². The Hall–Kier alpha value is -3.30. The number of amides is 2. The minimum atomic E-state index is -0.534. The summed E-state index contributed by atoms with van der Waals surface area (Å²) < 4.78 is 18.6. The minimum Gasteiger partial charge on any atom is -0.494 e. The van der Waals surface area contributed by atoms with Crippen LogP contribution in [-0.2, 0) is 0 Å². The van der Waals surface area contributed by atoms with Gasteiger partial charge in [-0.05, 0) is 54.0 Å². The number of hydrogen-bond donors (Lipinski definition) is 3. The number of nitrogens with one attached hydrogen (secondary N) is 3. The highest BCUT2D eigenvalue weighted by Crippen LogP contribution is 2.28. The standard InChI is InChI=1S/C20H16FN3O3S2/c1-27-16-11-14(7-8-15(16)23-19(26)17-6-3-9-29-17)22-20(28)24-18(25)12-4-2-5-13(21)10-12/h2-11H,1H3,(H,23,26)(H2,22,24,25,28). The monoisotopic (exact) mass is 429 g/mol. The van der Waals surface area contributed by atoms with Crippen LogP contribution in [0.3, 0.4) is 0 Å². The number of hydrogen-bond acceptors (Lipinski definition) is 5. The molecule has 6 nitrogen and oxygen atoms in total. The van der Waals surface area contributed by atoms with Gasteiger partial charge in [-0.2, -0.15) is 0 Å². The Kier molecular flexibility index (Phi) is 6.53. The van der Waals surface area contributed by atoms with Crippen LogP contribution >= 0.6 is 23.6 Å². The fraction of sp³-hybridized carbons (Fsp3) is 0.0500. The SMILES string of the molecule is COc1cc(NC(=S)NC(=O)c2cccc(F)c2)ccc1NC(=O)c1cccs1. The summed E-state index contributed by atoms with van der Waals surface area (Å²) in [6.07, 6.45) is 0. The number of thiocarbonyl (C=S) groups is 1. The molecule has 3 aromatic rings.